The van der Waals surface area contributed by atoms with Gasteiger partial charge in [-0.2, -0.15) is 0 Å². The molecule has 0 bridgehead atoms. The number of para-hydroxylation sites is 1. The predicted octanol–water partition coefficient (Wildman–Crippen LogP) is 1.90. The molecular formula is C8H7BrO3. The van der Waals surface area contributed by atoms with E-state index >= 15 is 0 Å². The Bertz CT molecular complexity index is 285. The topological polar surface area (TPSA) is 46.5 Å². The molecular weight excluding hydrogens is 224 g/mol. The van der Waals surface area contributed by atoms with E-state index in [2.05, 4.69) is 20.7 Å². The highest BCUT2D eigenvalue weighted by Crippen LogP contribution is 2.16. The first-order chi connectivity index (χ1) is 5.75. The van der Waals surface area contributed by atoms with Crippen LogP contribution < -0.4 is 0 Å². The second kappa shape index (κ2) is 4.11. The van der Waals surface area contributed by atoms with Crippen molar-refractivity contribution in [2.45, 2.75) is 0 Å². The number of carbonyl (C=O) groups is 1. The lowest BCUT2D eigenvalue weighted by molar-refractivity contribution is 0.0581. The number of ether oxygens (including phenoxy) is 1. The van der Waals surface area contributed by atoms with E-state index in [9.17, 15) is 9.90 Å². The zero-order valence-electron chi connectivity index (χ0n) is 6.16. The van der Waals surface area contributed by atoms with Crippen LogP contribution in [0.15, 0.2) is 24.3 Å². The highest BCUT2D eigenvalue weighted by molar-refractivity contribution is 9.09. The number of halogens is 1. The summed E-state index contributed by atoms with van der Waals surface area (Å²) in [6.45, 7) is 0. The van der Waals surface area contributed by atoms with Crippen LogP contribution in [0.2, 0.25) is 0 Å². The van der Waals surface area contributed by atoms with Crippen molar-refractivity contribution in [3.05, 3.63) is 29.8 Å². The third-order valence-corrected chi connectivity index (χ3v) is 1.54. The van der Waals surface area contributed by atoms with Gasteiger partial charge in [-0.3, -0.25) is 0 Å². The van der Waals surface area contributed by atoms with Crippen molar-refractivity contribution >= 4 is 21.9 Å². The summed E-state index contributed by atoms with van der Waals surface area (Å²) in [7, 11) is 0. The summed E-state index contributed by atoms with van der Waals surface area (Å²) in [6.07, 6.45) is 0. The molecule has 0 unspecified atom stereocenters. The van der Waals surface area contributed by atoms with E-state index in [-0.39, 0.29) is 16.8 Å². The molecule has 0 radical (unpaired) electrons. The van der Waals surface area contributed by atoms with Crippen molar-refractivity contribution in [2.24, 2.45) is 0 Å². The van der Waals surface area contributed by atoms with E-state index in [0.29, 0.717) is 0 Å². The van der Waals surface area contributed by atoms with E-state index in [1.807, 2.05) is 0 Å². The minimum atomic E-state index is -0.537. The van der Waals surface area contributed by atoms with Crippen molar-refractivity contribution in [2.75, 3.05) is 5.52 Å². The molecule has 1 N–H and O–H groups in total. The van der Waals surface area contributed by atoms with Gasteiger partial charge in [0.2, 0.25) is 0 Å². The third kappa shape index (κ3) is 1.98. The standard InChI is InChI=1S/C8H7BrO3/c9-5-12-8(11)6-3-1-2-4-7(6)10/h1-4,10H,5H2. The summed E-state index contributed by atoms with van der Waals surface area (Å²) in [4.78, 5) is 11.1. The van der Waals surface area contributed by atoms with Gasteiger partial charge in [0.15, 0.2) is 0 Å². The molecule has 0 amide bonds. The van der Waals surface area contributed by atoms with Gasteiger partial charge >= 0.3 is 5.97 Å². The van der Waals surface area contributed by atoms with Crippen LogP contribution in [0.5, 0.6) is 5.75 Å². The maximum Gasteiger partial charge on any atom is 0.342 e. The van der Waals surface area contributed by atoms with Gasteiger partial charge in [0.1, 0.15) is 16.8 Å². The highest BCUT2D eigenvalue weighted by Gasteiger charge is 2.09. The Kier molecular flexibility index (Phi) is 3.10. The zero-order chi connectivity index (χ0) is 8.97. The molecule has 0 aliphatic heterocycles. The molecule has 0 atom stereocenters. The molecule has 0 heterocycles. The number of hydrogen-bond acceptors (Lipinski definition) is 3. The van der Waals surface area contributed by atoms with Crippen LogP contribution in [-0.4, -0.2) is 16.6 Å². The van der Waals surface area contributed by atoms with Crippen LogP contribution in [0.3, 0.4) is 0 Å². The molecule has 0 spiro atoms. The van der Waals surface area contributed by atoms with Crippen LogP contribution in [0.1, 0.15) is 10.4 Å². The van der Waals surface area contributed by atoms with Crippen LogP contribution >= 0.6 is 15.9 Å². The molecule has 0 aromatic heterocycles. The molecule has 1 aromatic rings. The van der Waals surface area contributed by atoms with E-state index in [0.717, 1.165) is 0 Å². The number of phenols is 1. The smallest absolute Gasteiger partial charge is 0.342 e. The molecule has 0 fully saturated rings. The quantitative estimate of drug-likeness (QED) is 0.624. The van der Waals surface area contributed by atoms with Gasteiger partial charge in [0.05, 0.1) is 0 Å². The second-order valence-corrected chi connectivity index (χ2v) is 2.52. The lowest BCUT2D eigenvalue weighted by Crippen LogP contribution is -2.03. The molecule has 4 heteroatoms. The average molecular weight is 231 g/mol. The van der Waals surface area contributed by atoms with E-state index in [1.165, 1.54) is 12.1 Å². The number of aromatic hydroxyl groups is 1. The zero-order valence-corrected chi connectivity index (χ0v) is 7.74. The summed E-state index contributed by atoms with van der Waals surface area (Å²) < 4.78 is 4.63. The maximum absolute atomic E-state index is 11.1. The van der Waals surface area contributed by atoms with Gasteiger partial charge in [0, 0.05) is 0 Å². The van der Waals surface area contributed by atoms with Gasteiger partial charge < -0.3 is 9.84 Å². The third-order valence-electron chi connectivity index (χ3n) is 1.31. The first-order valence-corrected chi connectivity index (χ1v) is 4.39. The summed E-state index contributed by atoms with van der Waals surface area (Å²) in [5.74, 6) is -0.603. The Morgan fingerprint density at radius 1 is 1.50 bits per heavy atom. The lowest BCUT2D eigenvalue weighted by Gasteiger charge is -2.01. The van der Waals surface area contributed by atoms with Gasteiger partial charge in [-0.1, -0.05) is 12.1 Å². The molecule has 64 valence electrons. The lowest BCUT2D eigenvalue weighted by atomic mass is 10.2. The van der Waals surface area contributed by atoms with Gasteiger partial charge in [0.25, 0.3) is 0 Å². The molecule has 0 saturated carbocycles. The van der Waals surface area contributed by atoms with Crippen molar-refractivity contribution in [1.82, 2.24) is 0 Å². The monoisotopic (exact) mass is 230 g/mol. The number of hydrogen-bond donors (Lipinski definition) is 1. The Balaban J connectivity index is 2.87. The molecule has 12 heavy (non-hydrogen) atoms. The van der Waals surface area contributed by atoms with Crippen molar-refractivity contribution in [3.8, 4) is 5.75 Å². The van der Waals surface area contributed by atoms with Crippen molar-refractivity contribution in [1.29, 1.82) is 0 Å². The Hall–Kier alpha value is -1.03. The Morgan fingerprint density at radius 3 is 2.75 bits per heavy atom. The van der Waals surface area contributed by atoms with Gasteiger partial charge in [-0.25, -0.2) is 4.79 Å². The van der Waals surface area contributed by atoms with E-state index in [1.54, 1.807) is 12.1 Å². The normalized spacial score (nSPS) is 9.42. The Morgan fingerprint density at radius 2 is 2.17 bits per heavy atom. The van der Waals surface area contributed by atoms with Crippen molar-refractivity contribution in [3.63, 3.8) is 0 Å². The number of rotatable bonds is 2. The fraction of sp³-hybridized carbons (Fsp3) is 0.125. The largest absolute Gasteiger partial charge is 0.507 e. The Labute approximate surface area is 78.1 Å². The molecule has 0 saturated heterocycles. The predicted molar refractivity (Wildman–Crippen MR) is 47.3 cm³/mol. The number of carbonyl (C=O) groups excluding carboxylic acids is 1. The number of esters is 1. The minimum Gasteiger partial charge on any atom is -0.507 e. The first kappa shape index (κ1) is 9.06. The summed E-state index contributed by atoms with van der Waals surface area (Å²) in [6, 6.07) is 6.23. The van der Waals surface area contributed by atoms with Crippen LogP contribution in [0.25, 0.3) is 0 Å². The SMILES string of the molecule is O=C(OCBr)c1ccccc1O. The number of alkyl halides is 1. The molecule has 0 aliphatic rings. The highest BCUT2D eigenvalue weighted by atomic mass is 79.9. The fourth-order valence-electron chi connectivity index (χ4n) is 0.774. The maximum atomic E-state index is 11.1. The van der Waals surface area contributed by atoms with Crippen LogP contribution in [-0.2, 0) is 4.74 Å². The number of benzene rings is 1. The summed E-state index contributed by atoms with van der Waals surface area (Å²) in [5.41, 5.74) is 0.303. The van der Waals surface area contributed by atoms with E-state index in [4.69, 9.17) is 0 Å². The van der Waals surface area contributed by atoms with Crippen LogP contribution in [0.4, 0.5) is 0 Å². The summed E-state index contributed by atoms with van der Waals surface area (Å²) in [5, 5.41) is 9.19. The van der Waals surface area contributed by atoms with Gasteiger partial charge in [-0.05, 0) is 28.1 Å². The molecule has 0 aliphatic carbocycles. The van der Waals surface area contributed by atoms with Crippen molar-refractivity contribution < 1.29 is 14.6 Å². The van der Waals surface area contributed by atoms with Crippen LogP contribution in [0, 0.1) is 0 Å². The first-order valence-electron chi connectivity index (χ1n) is 3.27. The fourth-order valence-corrected chi connectivity index (χ4v) is 0.981. The molecule has 3 nitrogen and oxygen atoms in total. The molecule has 1 rings (SSSR count). The van der Waals surface area contributed by atoms with Gasteiger partial charge in [-0.15, -0.1) is 0 Å². The average Bonchev–Trinajstić information content (AvgIpc) is 2.05. The number of phenolic OH excluding ortho intramolecular Hbond substituents is 1. The second-order valence-electron chi connectivity index (χ2n) is 2.06. The molecule has 1 aromatic carbocycles. The minimum absolute atomic E-state index is 0.0662. The van der Waals surface area contributed by atoms with E-state index < -0.39 is 5.97 Å². The summed E-state index contributed by atoms with van der Waals surface area (Å²) >= 11 is 2.95.